The lowest BCUT2D eigenvalue weighted by Crippen LogP contribution is -2.41. The van der Waals surface area contributed by atoms with Gasteiger partial charge in [-0.2, -0.15) is 0 Å². The van der Waals surface area contributed by atoms with Crippen molar-refractivity contribution in [2.75, 3.05) is 19.6 Å². The van der Waals surface area contributed by atoms with Crippen molar-refractivity contribution in [1.29, 1.82) is 0 Å². The molecule has 0 radical (unpaired) electrons. The average Bonchev–Trinajstić information content (AvgIpc) is 2.86. The number of nitrogens with one attached hydrogen (secondary N) is 1. The summed E-state index contributed by atoms with van der Waals surface area (Å²) in [6.45, 7) is 2.46. The number of hydrogen-bond acceptors (Lipinski definition) is 2. The molecular weight excluding hydrogens is 262 g/mol. The van der Waals surface area contributed by atoms with Crippen molar-refractivity contribution in [2.45, 2.75) is 25.3 Å². The second-order valence-electron chi connectivity index (χ2n) is 5.67. The van der Waals surface area contributed by atoms with Crippen LogP contribution in [0.1, 0.15) is 18.4 Å². The third kappa shape index (κ3) is 2.68. The standard InChI is InChI=1S/C15H18F2N2O/c16-12-4-3-10(13(17)7-12)6-15(20)19-8-11-2-1-5-18-14(11)9-19/h3-4,7,11,14,18H,1-2,5-6,8-9H2/t11-,14+/m0/s1. The summed E-state index contributed by atoms with van der Waals surface area (Å²) in [6.07, 6.45) is 2.30. The Kier molecular flexibility index (Phi) is 3.70. The van der Waals surface area contributed by atoms with E-state index in [0.29, 0.717) is 18.5 Å². The molecule has 3 rings (SSSR count). The smallest absolute Gasteiger partial charge is 0.227 e. The molecular formula is C15H18F2N2O. The summed E-state index contributed by atoms with van der Waals surface area (Å²) in [5.41, 5.74) is 0.263. The lowest BCUT2D eigenvalue weighted by atomic mass is 9.94. The summed E-state index contributed by atoms with van der Waals surface area (Å²) in [6, 6.07) is 3.75. The van der Waals surface area contributed by atoms with Crippen molar-refractivity contribution in [3.05, 3.63) is 35.4 Å². The van der Waals surface area contributed by atoms with Crippen LogP contribution in [0.3, 0.4) is 0 Å². The molecule has 0 saturated carbocycles. The minimum absolute atomic E-state index is 0.00551. The van der Waals surface area contributed by atoms with E-state index >= 15 is 0 Å². The van der Waals surface area contributed by atoms with E-state index in [0.717, 1.165) is 32.0 Å². The molecule has 2 heterocycles. The number of benzene rings is 1. The summed E-state index contributed by atoms with van der Waals surface area (Å²) in [7, 11) is 0. The molecule has 1 aromatic rings. The average molecular weight is 280 g/mol. The highest BCUT2D eigenvalue weighted by molar-refractivity contribution is 5.79. The maximum Gasteiger partial charge on any atom is 0.227 e. The Hall–Kier alpha value is -1.49. The molecule has 2 saturated heterocycles. The lowest BCUT2D eigenvalue weighted by molar-refractivity contribution is -0.129. The zero-order valence-corrected chi connectivity index (χ0v) is 11.2. The van der Waals surface area contributed by atoms with Crippen LogP contribution in [-0.4, -0.2) is 36.5 Å². The molecule has 2 fully saturated rings. The molecule has 0 spiro atoms. The van der Waals surface area contributed by atoms with Gasteiger partial charge < -0.3 is 10.2 Å². The molecule has 5 heteroatoms. The van der Waals surface area contributed by atoms with Crippen LogP contribution in [0.5, 0.6) is 0 Å². The van der Waals surface area contributed by atoms with Gasteiger partial charge in [0.1, 0.15) is 11.6 Å². The first-order valence-corrected chi connectivity index (χ1v) is 7.08. The van der Waals surface area contributed by atoms with Crippen LogP contribution in [0.25, 0.3) is 0 Å². The van der Waals surface area contributed by atoms with E-state index in [1.165, 1.54) is 12.1 Å². The number of carbonyl (C=O) groups excluding carboxylic acids is 1. The number of carbonyl (C=O) groups is 1. The van der Waals surface area contributed by atoms with Crippen LogP contribution in [0.15, 0.2) is 18.2 Å². The van der Waals surface area contributed by atoms with E-state index < -0.39 is 11.6 Å². The highest BCUT2D eigenvalue weighted by Crippen LogP contribution is 2.25. The Balaban J connectivity index is 1.65. The topological polar surface area (TPSA) is 32.3 Å². The molecule has 20 heavy (non-hydrogen) atoms. The zero-order chi connectivity index (χ0) is 14.1. The molecule has 1 aromatic carbocycles. The fourth-order valence-electron chi connectivity index (χ4n) is 3.19. The number of piperidine rings is 1. The van der Waals surface area contributed by atoms with Crippen LogP contribution >= 0.6 is 0 Å². The Labute approximate surface area is 117 Å². The van der Waals surface area contributed by atoms with E-state index in [1.807, 2.05) is 0 Å². The maximum absolute atomic E-state index is 13.6. The van der Waals surface area contributed by atoms with Gasteiger partial charge in [0.15, 0.2) is 0 Å². The second kappa shape index (κ2) is 5.48. The highest BCUT2D eigenvalue weighted by atomic mass is 19.1. The number of fused-ring (bicyclic) bond motifs is 1. The Morgan fingerprint density at radius 3 is 2.95 bits per heavy atom. The van der Waals surface area contributed by atoms with E-state index in [1.54, 1.807) is 4.90 Å². The van der Waals surface area contributed by atoms with Gasteiger partial charge in [0, 0.05) is 25.2 Å². The Bertz CT molecular complexity index is 507. The molecule has 0 bridgehead atoms. The number of hydrogen-bond donors (Lipinski definition) is 1. The minimum Gasteiger partial charge on any atom is -0.340 e. The highest BCUT2D eigenvalue weighted by Gasteiger charge is 2.36. The van der Waals surface area contributed by atoms with Gasteiger partial charge >= 0.3 is 0 Å². The third-order valence-electron chi connectivity index (χ3n) is 4.31. The summed E-state index contributed by atoms with van der Waals surface area (Å²) in [5, 5.41) is 3.43. The van der Waals surface area contributed by atoms with Crippen LogP contribution in [0, 0.1) is 17.6 Å². The van der Waals surface area contributed by atoms with E-state index in [4.69, 9.17) is 0 Å². The number of amides is 1. The van der Waals surface area contributed by atoms with Crippen LogP contribution in [0.4, 0.5) is 8.78 Å². The number of likely N-dealkylation sites (tertiary alicyclic amines) is 1. The van der Waals surface area contributed by atoms with Gasteiger partial charge in [-0.15, -0.1) is 0 Å². The second-order valence-corrected chi connectivity index (χ2v) is 5.67. The predicted molar refractivity (Wildman–Crippen MR) is 71.2 cm³/mol. The van der Waals surface area contributed by atoms with E-state index in [2.05, 4.69) is 5.32 Å². The first-order valence-electron chi connectivity index (χ1n) is 7.08. The monoisotopic (exact) mass is 280 g/mol. The molecule has 2 aliphatic rings. The normalized spacial score (nSPS) is 25.6. The van der Waals surface area contributed by atoms with E-state index in [-0.39, 0.29) is 17.9 Å². The summed E-state index contributed by atoms with van der Waals surface area (Å²) in [4.78, 5) is 14.0. The van der Waals surface area contributed by atoms with Crippen molar-refractivity contribution in [1.82, 2.24) is 10.2 Å². The summed E-state index contributed by atoms with van der Waals surface area (Å²) < 4.78 is 26.4. The molecule has 1 amide bonds. The molecule has 2 atom stereocenters. The van der Waals surface area contributed by atoms with Crippen LogP contribution in [-0.2, 0) is 11.2 Å². The Morgan fingerprint density at radius 2 is 2.20 bits per heavy atom. The van der Waals surface area contributed by atoms with Crippen molar-refractivity contribution in [3.63, 3.8) is 0 Å². The quantitative estimate of drug-likeness (QED) is 0.894. The number of halogens is 2. The van der Waals surface area contributed by atoms with Gasteiger partial charge in [0.2, 0.25) is 5.91 Å². The fourth-order valence-corrected chi connectivity index (χ4v) is 3.19. The molecule has 1 N–H and O–H groups in total. The van der Waals surface area contributed by atoms with Crippen LogP contribution < -0.4 is 5.32 Å². The van der Waals surface area contributed by atoms with Gasteiger partial charge in [0.25, 0.3) is 0 Å². The maximum atomic E-state index is 13.6. The molecule has 3 nitrogen and oxygen atoms in total. The number of nitrogens with zero attached hydrogens (tertiary/aromatic N) is 1. The molecule has 108 valence electrons. The van der Waals surface area contributed by atoms with Gasteiger partial charge in [-0.05, 0) is 36.9 Å². The van der Waals surface area contributed by atoms with Crippen molar-refractivity contribution < 1.29 is 13.6 Å². The fraction of sp³-hybridized carbons (Fsp3) is 0.533. The predicted octanol–water partition coefficient (Wildman–Crippen LogP) is 1.72. The van der Waals surface area contributed by atoms with Crippen molar-refractivity contribution in [2.24, 2.45) is 5.92 Å². The van der Waals surface area contributed by atoms with Gasteiger partial charge in [0.05, 0.1) is 6.42 Å². The van der Waals surface area contributed by atoms with Gasteiger partial charge in [-0.25, -0.2) is 8.78 Å². The minimum atomic E-state index is -0.645. The first kappa shape index (κ1) is 13.5. The third-order valence-corrected chi connectivity index (χ3v) is 4.31. The number of rotatable bonds is 2. The summed E-state index contributed by atoms with van der Waals surface area (Å²) in [5.74, 6) is -0.819. The van der Waals surface area contributed by atoms with Crippen molar-refractivity contribution in [3.8, 4) is 0 Å². The van der Waals surface area contributed by atoms with Gasteiger partial charge in [-0.1, -0.05) is 6.07 Å². The molecule has 0 aliphatic carbocycles. The SMILES string of the molecule is O=C(Cc1ccc(F)cc1F)N1C[C@@H]2CCCN[C@@H]2C1. The van der Waals surface area contributed by atoms with E-state index in [9.17, 15) is 13.6 Å². The lowest BCUT2D eigenvalue weighted by Gasteiger charge is -2.24. The van der Waals surface area contributed by atoms with Crippen molar-refractivity contribution >= 4 is 5.91 Å². The van der Waals surface area contributed by atoms with Crippen LogP contribution in [0.2, 0.25) is 0 Å². The molecule has 0 aromatic heterocycles. The zero-order valence-electron chi connectivity index (χ0n) is 11.2. The first-order chi connectivity index (χ1) is 9.63. The molecule has 0 unspecified atom stereocenters. The Morgan fingerprint density at radius 1 is 1.35 bits per heavy atom. The van der Waals surface area contributed by atoms with Gasteiger partial charge in [-0.3, -0.25) is 4.79 Å². The largest absolute Gasteiger partial charge is 0.340 e. The molecule has 2 aliphatic heterocycles. The summed E-state index contributed by atoms with van der Waals surface area (Å²) >= 11 is 0.